The Morgan fingerprint density at radius 1 is 1.73 bits per heavy atom. The number of hydrogen-bond acceptors (Lipinski definition) is 5. The second kappa shape index (κ2) is 3.39. The van der Waals surface area contributed by atoms with Gasteiger partial charge in [0.1, 0.15) is 17.7 Å². The highest BCUT2D eigenvalue weighted by Crippen LogP contribution is 2.28. The average molecular weight is 209 g/mol. The highest BCUT2D eigenvalue weighted by atomic mass is 16.5. The Labute approximate surface area is 85.6 Å². The summed E-state index contributed by atoms with van der Waals surface area (Å²) in [5.74, 6) is 0.428. The van der Waals surface area contributed by atoms with Crippen LogP contribution in [0.2, 0.25) is 0 Å². The number of ether oxygens (including phenoxy) is 1. The Hall–Kier alpha value is -1.82. The highest BCUT2D eigenvalue weighted by molar-refractivity contribution is 5.23. The number of aliphatic hydroxyl groups is 1. The summed E-state index contributed by atoms with van der Waals surface area (Å²) in [5, 5.41) is 9.39. The largest absolute Gasteiger partial charge is 0.472 e. The minimum Gasteiger partial charge on any atom is -0.472 e. The maximum absolute atomic E-state index is 11.4. The van der Waals surface area contributed by atoms with Gasteiger partial charge in [0.15, 0.2) is 6.23 Å². The van der Waals surface area contributed by atoms with Gasteiger partial charge in [-0.1, -0.05) is 6.58 Å². The zero-order chi connectivity index (χ0) is 11.0. The van der Waals surface area contributed by atoms with Gasteiger partial charge in [0.05, 0.1) is 0 Å². The van der Waals surface area contributed by atoms with Crippen molar-refractivity contribution in [2.45, 2.75) is 18.8 Å². The molecule has 1 aromatic rings. The number of aliphatic hydroxyl groups excluding tert-OH is 1. The molecule has 1 fully saturated rings. The highest BCUT2D eigenvalue weighted by Gasteiger charge is 2.29. The van der Waals surface area contributed by atoms with Crippen LogP contribution in [-0.2, 0) is 4.74 Å². The Bertz CT molecular complexity index is 454. The summed E-state index contributed by atoms with van der Waals surface area (Å²) < 4.78 is 6.49. The molecule has 2 atom stereocenters. The Morgan fingerprint density at radius 3 is 3.00 bits per heavy atom. The fourth-order valence-corrected chi connectivity index (χ4v) is 1.44. The fraction of sp³-hybridized carbons (Fsp3) is 0.333. The van der Waals surface area contributed by atoms with Crippen LogP contribution in [0.3, 0.4) is 0 Å². The van der Waals surface area contributed by atoms with Crippen molar-refractivity contribution >= 4 is 5.82 Å². The monoisotopic (exact) mass is 209 g/mol. The van der Waals surface area contributed by atoms with Crippen molar-refractivity contribution in [3.63, 3.8) is 0 Å². The molecule has 0 aliphatic carbocycles. The van der Waals surface area contributed by atoms with Gasteiger partial charge in [0.25, 0.3) is 0 Å². The zero-order valence-electron chi connectivity index (χ0n) is 7.96. The summed E-state index contributed by atoms with van der Waals surface area (Å²) >= 11 is 0. The van der Waals surface area contributed by atoms with Crippen LogP contribution in [0.25, 0.3) is 0 Å². The molecular formula is C9H11N3O3. The second-order valence-corrected chi connectivity index (χ2v) is 3.33. The van der Waals surface area contributed by atoms with Gasteiger partial charge < -0.3 is 15.6 Å². The molecule has 0 saturated carbocycles. The van der Waals surface area contributed by atoms with Gasteiger partial charge in [0.2, 0.25) is 0 Å². The summed E-state index contributed by atoms with van der Waals surface area (Å²) in [5.41, 5.74) is 4.85. The molecule has 3 N–H and O–H groups in total. The van der Waals surface area contributed by atoms with E-state index in [1.165, 1.54) is 16.8 Å². The summed E-state index contributed by atoms with van der Waals surface area (Å²) in [6.45, 7) is 3.53. The molecule has 1 aliphatic heterocycles. The van der Waals surface area contributed by atoms with Crippen LogP contribution in [-0.4, -0.2) is 20.8 Å². The SMILES string of the molecule is C=C1O[C@@H](n2ccc(N)nc2=O)CC1O. The molecular weight excluding hydrogens is 198 g/mol. The normalized spacial score (nSPS) is 25.3. The number of nitrogens with two attached hydrogens (primary N) is 1. The van der Waals surface area contributed by atoms with Gasteiger partial charge in [-0.15, -0.1) is 0 Å². The number of rotatable bonds is 1. The van der Waals surface area contributed by atoms with Gasteiger partial charge >= 0.3 is 5.69 Å². The molecule has 6 heteroatoms. The molecule has 0 radical (unpaired) electrons. The maximum Gasteiger partial charge on any atom is 0.352 e. The van der Waals surface area contributed by atoms with Crippen molar-refractivity contribution in [1.82, 2.24) is 9.55 Å². The third-order valence-corrected chi connectivity index (χ3v) is 2.25. The van der Waals surface area contributed by atoms with Crippen molar-refractivity contribution in [3.8, 4) is 0 Å². The summed E-state index contributed by atoms with van der Waals surface area (Å²) in [7, 11) is 0. The third-order valence-electron chi connectivity index (χ3n) is 2.25. The molecule has 15 heavy (non-hydrogen) atoms. The van der Waals surface area contributed by atoms with Crippen molar-refractivity contribution in [2.75, 3.05) is 5.73 Å². The van der Waals surface area contributed by atoms with E-state index >= 15 is 0 Å². The first-order valence-corrected chi connectivity index (χ1v) is 4.46. The lowest BCUT2D eigenvalue weighted by atomic mass is 10.2. The van der Waals surface area contributed by atoms with Crippen molar-refractivity contribution in [3.05, 3.63) is 35.1 Å². The predicted octanol–water partition coefficient (Wildman–Crippen LogP) is -0.381. The number of nitrogen functional groups attached to an aromatic ring is 1. The van der Waals surface area contributed by atoms with Crippen LogP contribution in [0.1, 0.15) is 12.6 Å². The lowest BCUT2D eigenvalue weighted by Gasteiger charge is -2.12. The molecule has 6 nitrogen and oxygen atoms in total. The van der Waals surface area contributed by atoms with Gasteiger partial charge in [0, 0.05) is 12.6 Å². The molecule has 0 bridgehead atoms. The van der Waals surface area contributed by atoms with Crippen molar-refractivity contribution in [2.24, 2.45) is 0 Å². The van der Waals surface area contributed by atoms with E-state index in [-0.39, 0.29) is 11.6 Å². The molecule has 2 rings (SSSR count). The smallest absolute Gasteiger partial charge is 0.352 e. The van der Waals surface area contributed by atoms with E-state index in [0.29, 0.717) is 6.42 Å². The molecule has 0 amide bonds. The predicted molar refractivity (Wildman–Crippen MR) is 52.8 cm³/mol. The molecule has 1 unspecified atom stereocenters. The van der Waals surface area contributed by atoms with Crippen LogP contribution in [0.15, 0.2) is 29.4 Å². The average Bonchev–Trinajstić information content (AvgIpc) is 2.46. The van der Waals surface area contributed by atoms with Gasteiger partial charge in [-0.3, -0.25) is 4.57 Å². The zero-order valence-corrected chi connectivity index (χ0v) is 7.96. The third kappa shape index (κ3) is 1.71. The van der Waals surface area contributed by atoms with Crippen LogP contribution in [0, 0.1) is 0 Å². The van der Waals surface area contributed by atoms with E-state index in [1.807, 2.05) is 0 Å². The molecule has 1 saturated heterocycles. The fourth-order valence-electron chi connectivity index (χ4n) is 1.44. The van der Waals surface area contributed by atoms with E-state index in [1.54, 1.807) is 0 Å². The first-order valence-electron chi connectivity index (χ1n) is 4.46. The number of aromatic nitrogens is 2. The second-order valence-electron chi connectivity index (χ2n) is 3.33. The van der Waals surface area contributed by atoms with Gasteiger partial charge in [-0.2, -0.15) is 4.98 Å². The first kappa shape index (κ1) is 9.72. The van der Waals surface area contributed by atoms with Crippen molar-refractivity contribution in [1.29, 1.82) is 0 Å². The molecule has 1 aromatic heterocycles. The Balaban J connectivity index is 2.32. The molecule has 0 aromatic carbocycles. The van der Waals surface area contributed by atoms with E-state index in [4.69, 9.17) is 10.5 Å². The van der Waals surface area contributed by atoms with E-state index in [2.05, 4.69) is 11.6 Å². The summed E-state index contributed by atoms with van der Waals surface area (Å²) in [6, 6.07) is 1.50. The first-order chi connectivity index (χ1) is 7.08. The number of anilines is 1. The molecule has 80 valence electrons. The summed E-state index contributed by atoms with van der Waals surface area (Å²) in [4.78, 5) is 15.0. The van der Waals surface area contributed by atoms with Crippen LogP contribution >= 0.6 is 0 Å². The summed E-state index contributed by atoms with van der Waals surface area (Å²) in [6.07, 6.45) is 0.498. The maximum atomic E-state index is 11.4. The minimum atomic E-state index is -0.737. The van der Waals surface area contributed by atoms with Crippen molar-refractivity contribution < 1.29 is 9.84 Å². The molecule has 0 spiro atoms. The standard InChI is InChI=1S/C9H11N3O3/c1-5-6(13)4-8(15-5)12-3-2-7(10)11-9(12)14/h2-3,6,8,13H,1,4H2,(H2,10,11,14)/t6?,8-/m1/s1. The van der Waals surface area contributed by atoms with E-state index in [0.717, 1.165) is 0 Å². The minimum absolute atomic E-state index is 0.161. The molecule has 2 heterocycles. The topological polar surface area (TPSA) is 90.4 Å². The van der Waals surface area contributed by atoms with Gasteiger partial charge in [-0.25, -0.2) is 4.79 Å². The van der Waals surface area contributed by atoms with Crippen LogP contribution < -0.4 is 11.4 Å². The molecule has 1 aliphatic rings. The number of nitrogens with zero attached hydrogens (tertiary/aromatic N) is 2. The van der Waals surface area contributed by atoms with E-state index < -0.39 is 18.0 Å². The van der Waals surface area contributed by atoms with Crippen LogP contribution in [0.4, 0.5) is 5.82 Å². The number of hydrogen-bond donors (Lipinski definition) is 2. The Kier molecular flexibility index (Phi) is 2.20. The van der Waals surface area contributed by atoms with E-state index in [9.17, 15) is 9.90 Å². The lowest BCUT2D eigenvalue weighted by molar-refractivity contribution is 0.0937. The quantitative estimate of drug-likeness (QED) is 0.658. The Morgan fingerprint density at radius 2 is 2.47 bits per heavy atom. The lowest BCUT2D eigenvalue weighted by Crippen LogP contribution is -2.26. The van der Waals surface area contributed by atoms with Gasteiger partial charge in [-0.05, 0) is 6.07 Å². The van der Waals surface area contributed by atoms with Crippen LogP contribution in [0.5, 0.6) is 0 Å².